The second-order valence-corrected chi connectivity index (χ2v) is 11.7. The van der Waals surface area contributed by atoms with E-state index in [1.807, 2.05) is 18.0 Å². The van der Waals surface area contributed by atoms with Gasteiger partial charge in [-0.3, -0.25) is 9.36 Å². The number of esters is 1. The van der Waals surface area contributed by atoms with E-state index in [2.05, 4.69) is 27.5 Å². The van der Waals surface area contributed by atoms with Gasteiger partial charge in [0.1, 0.15) is 30.2 Å². The lowest BCUT2D eigenvalue weighted by Crippen LogP contribution is -2.52. The van der Waals surface area contributed by atoms with E-state index in [4.69, 9.17) is 14.7 Å². The second kappa shape index (κ2) is 14.7. The minimum Gasteiger partial charge on any atom is -0.467 e. The van der Waals surface area contributed by atoms with Crippen LogP contribution in [0.4, 0.5) is 15.4 Å². The first-order valence-electron chi connectivity index (χ1n) is 14.4. The first kappa shape index (κ1) is 33.1. The molecule has 0 radical (unpaired) electrons. The van der Waals surface area contributed by atoms with E-state index in [1.165, 1.54) is 18.0 Å². The molecule has 1 aliphatic heterocycles. The third kappa shape index (κ3) is 8.79. The molecule has 0 saturated carbocycles. The predicted octanol–water partition coefficient (Wildman–Crippen LogP) is 2.81. The Kier molecular flexibility index (Phi) is 11.3. The van der Waals surface area contributed by atoms with Gasteiger partial charge in [-0.25, -0.2) is 24.4 Å². The molecule has 14 nitrogen and oxygen atoms in total. The van der Waals surface area contributed by atoms with Crippen LogP contribution in [0.25, 0.3) is 11.0 Å². The Bertz CT molecular complexity index is 1350. The number of hydrogen-bond donors (Lipinski definition) is 2. The van der Waals surface area contributed by atoms with Gasteiger partial charge in [0, 0.05) is 32.9 Å². The fraction of sp³-hybridized carbons (Fsp3) is 0.621. The van der Waals surface area contributed by atoms with E-state index in [-0.39, 0.29) is 24.3 Å². The Morgan fingerprint density at radius 2 is 1.98 bits per heavy atom. The number of aromatic nitrogens is 3. The van der Waals surface area contributed by atoms with Gasteiger partial charge in [-0.15, -0.1) is 0 Å². The molecule has 3 rings (SSSR count). The van der Waals surface area contributed by atoms with Crippen molar-refractivity contribution in [2.45, 2.75) is 77.5 Å². The number of methoxy groups -OCH3 is 1. The van der Waals surface area contributed by atoms with Crippen molar-refractivity contribution < 1.29 is 28.7 Å². The maximum atomic E-state index is 13.3. The van der Waals surface area contributed by atoms with Gasteiger partial charge in [-0.05, 0) is 58.4 Å². The van der Waals surface area contributed by atoms with Gasteiger partial charge < -0.3 is 29.9 Å². The van der Waals surface area contributed by atoms with Gasteiger partial charge in [0.2, 0.25) is 5.91 Å². The zero-order valence-electron chi connectivity index (χ0n) is 25.8. The van der Waals surface area contributed by atoms with Gasteiger partial charge in [-0.2, -0.15) is 5.26 Å². The number of fused-ring (bicyclic) bond motifs is 1. The van der Waals surface area contributed by atoms with Gasteiger partial charge in [-0.1, -0.05) is 6.92 Å². The lowest BCUT2D eigenvalue weighted by molar-refractivity contribution is -0.143. The molecule has 0 spiro atoms. The number of hydrogen-bond acceptors (Lipinski definition) is 10. The largest absolute Gasteiger partial charge is 0.467 e. The van der Waals surface area contributed by atoms with Crippen molar-refractivity contribution in [2.24, 2.45) is 5.92 Å². The van der Waals surface area contributed by atoms with Crippen molar-refractivity contribution in [1.29, 1.82) is 5.26 Å². The number of likely N-dealkylation sites (N-methyl/N-ethyl adjacent to an activating group) is 1. The Morgan fingerprint density at radius 1 is 1.23 bits per heavy atom. The zero-order chi connectivity index (χ0) is 31.7. The number of carbonyl (C=O) groups is 4. The standard InChI is InChI=1S/C29H42N8O6/c1-19-11-15-36(23(38)10-13-30)17-22(19)35(5)24-20-12-16-37(25(20)33-18-32-24)27(40)34-21(26(39)42-6)9-7-8-14-31-28(41)43-29(2,3)4/h12,16,18-19,21-22H,7-11,14-15,17H2,1-6H3,(H,31,41)(H,34,40)/t19-,21+,22+/m1/s1. The number of alkyl carbamates (subject to hydrolysis) is 1. The number of amides is 3. The van der Waals surface area contributed by atoms with Crippen LogP contribution in [0.15, 0.2) is 18.6 Å². The van der Waals surface area contributed by atoms with Crippen LogP contribution in [0.3, 0.4) is 0 Å². The summed E-state index contributed by atoms with van der Waals surface area (Å²) in [5, 5.41) is 15.0. The fourth-order valence-electron chi connectivity index (χ4n) is 5.09. The highest BCUT2D eigenvalue weighted by molar-refractivity contribution is 5.96. The number of nitriles is 1. The molecule has 0 aromatic carbocycles. The molecule has 43 heavy (non-hydrogen) atoms. The van der Waals surface area contributed by atoms with Crippen molar-refractivity contribution in [3.05, 3.63) is 18.6 Å². The first-order valence-corrected chi connectivity index (χ1v) is 14.4. The Morgan fingerprint density at radius 3 is 2.65 bits per heavy atom. The van der Waals surface area contributed by atoms with E-state index in [9.17, 15) is 19.2 Å². The SMILES string of the molecule is COC(=O)[C@H](CCCCNC(=O)OC(C)(C)C)NC(=O)n1ccc2c(N(C)[C@H]3CN(C(=O)CC#N)CC[C@H]3C)ncnc21. The maximum absolute atomic E-state index is 13.3. The van der Waals surface area contributed by atoms with Crippen LogP contribution >= 0.6 is 0 Å². The Labute approximate surface area is 251 Å². The quantitative estimate of drug-likeness (QED) is 0.306. The molecule has 0 aliphatic carbocycles. The van der Waals surface area contributed by atoms with E-state index in [1.54, 1.807) is 37.9 Å². The van der Waals surface area contributed by atoms with Crippen LogP contribution in [0.2, 0.25) is 0 Å². The first-order chi connectivity index (χ1) is 20.4. The highest BCUT2D eigenvalue weighted by Crippen LogP contribution is 2.29. The van der Waals surface area contributed by atoms with E-state index in [0.29, 0.717) is 55.7 Å². The average molecular weight is 599 g/mol. The topological polar surface area (TPSA) is 172 Å². The number of anilines is 1. The summed E-state index contributed by atoms with van der Waals surface area (Å²) < 4.78 is 11.4. The summed E-state index contributed by atoms with van der Waals surface area (Å²) in [6, 6.07) is 2.15. The number of likely N-dealkylation sites (tertiary alicyclic amines) is 1. The Balaban J connectivity index is 1.68. The minimum atomic E-state index is -0.902. The molecule has 1 fully saturated rings. The summed E-state index contributed by atoms with van der Waals surface area (Å²) >= 11 is 0. The second-order valence-electron chi connectivity index (χ2n) is 11.7. The number of nitrogens with one attached hydrogen (secondary N) is 2. The summed E-state index contributed by atoms with van der Waals surface area (Å²) in [7, 11) is 3.15. The maximum Gasteiger partial charge on any atom is 0.407 e. The lowest BCUT2D eigenvalue weighted by Gasteiger charge is -2.42. The molecule has 0 unspecified atom stereocenters. The van der Waals surface area contributed by atoms with Crippen LogP contribution in [0, 0.1) is 17.2 Å². The number of ether oxygens (including phenoxy) is 2. The van der Waals surface area contributed by atoms with Gasteiger partial charge in [0.05, 0.1) is 24.6 Å². The molecular weight excluding hydrogens is 556 g/mol. The van der Waals surface area contributed by atoms with Crippen molar-refractivity contribution in [2.75, 3.05) is 38.7 Å². The Hall–Kier alpha value is -4.41. The van der Waals surface area contributed by atoms with Crippen LogP contribution in [-0.4, -0.2) is 94.9 Å². The highest BCUT2D eigenvalue weighted by Gasteiger charge is 2.33. The van der Waals surface area contributed by atoms with E-state index >= 15 is 0 Å². The lowest BCUT2D eigenvalue weighted by atomic mass is 9.92. The summed E-state index contributed by atoms with van der Waals surface area (Å²) in [6.07, 6.45) is 4.46. The highest BCUT2D eigenvalue weighted by atomic mass is 16.6. The van der Waals surface area contributed by atoms with Crippen molar-refractivity contribution >= 4 is 40.9 Å². The monoisotopic (exact) mass is 598 g/mol. The van der Waals surface area contributed by atoms with Crippen molar-refractivity contribution in [1.82, 2.24) is 30.1 Å². The predicted molar refractivity (Wildman–Crippen MR) is 158 cm³/mol. The smallest absolute Gasteiger partial charge is 0.407 e. The average Bonchev–Trinajstić information content (AvgIpc) is 3.39. The van der Waals surface area contributed by atoms with Gasteiger partial charge >= 0.3 is 18.1 Å². The van der Waals surface area contributed by atoms with Crippen LogP contribution < -0.4 is 15.5 Å². The molecule has 14 heteroatoms. The number of unbranched alkanes of at least 4 members (excludes halogenated alkanes) is 1. The number of piperidine rings is 1. The molecule has 1 saturated heterocycles. The molecule has 3 atom stereocenters. The fourth-order valence-corrected chi connectivity index (χ4v) is 5.09. The molecule has 234 valence electrons. The van der Waals surface area contributed by atoms with Crippen molar-refractivity contribution in [3.8, 4) is 6.07 Å². The summed E-state index contributed by atoms with van der Waals surface area (Å²) in [5.41, 5.74) is -0.233. The molecule has 2 aromatic rings. The van der Waals surface area contributed by atoms with Gasteiger partial charge in [0.15, 0.2) is 5.65 Å². The number of rotatable bonds is 10. The molecule has 0 bridgehead atoms. The zero-order valence-corrected chi connectivity index (χ0v) is 25.8. The van der Waals surface area contributed by atoms with Crippen LogP contribution in [0.1, 0.15) is 59.8 Å². The summed E-state index contributed by atoms with van der Waals surface area (Å²) in [4.78, 5) is 62.5. The molecule has 1 aliphatic rings. The van der Waals surface area contributed by atoms with Gasteiger partial charge in [0.25, 0.3) is 0 Å². The molecule has 2 aromatic heterocycles. The number of carbonyl (C=O) groups excluding carboxylic acids is 4. The summed E-state index contributed by atoms with van der Waals surface area (Å²) in [5.74, 6) is 0.0846. The van der Waals surface area contributed by atoms with Crippen LogP contribution in [0.5, 0.6) is 0 Å². The molecular formula is C29H42N8O6. The van der Waals surface area contributed by atoms with E-state index < -0.39 is 29.7 Å². The molecule has 2 N–H and O–H groups in total. The third-order valence-electron chi connectivity index (χ3n) is 7.38. The minimum absolute atomic E-state index is 0.0554. The third-order valence-corrected chi connectivity index (χ3v) is 7.38. The summed E-state index contributed by atoms with van der Waals surface area (Å²) in [6.45, 7) is 8.87. The van der Waals surface area contributed by atoms with Crippen LogP contribution in [-0.2, 0) is 19.1 Å². The van der Waals surface area contributed by atoms with Crippen molar-refractivity contribution in [3.63, 3.8) is 0 Å². The number of nitrogens with zero attached hydrogens (tertiary/aromatic N) is 6. The van der Waals surface area contributed by atoms with E-state index in [0.717, 1.165) is 6.42 Å². The normalized spacial score (nSPS) is 17.5. The molecule has 3 heterocycles. The molecule has 3 amide bonds.